The molecular weight excluding hydrogens is 408 g/mol. The Balaban J connectivity index is 1.52. The molecule has 0 fully saturated rings. The number of hydrogen-bond donors (Lipinski definition) is 1. The van der Waals surface area contributed by atoms with Crippen molar-refractivity contribution in [1.82, 2.24) is 0 Å². The third-order valence-electron chi connectivity index (χ3n) is 5.01. The predicted octanol–water partition coefficient (Wildman–Crippen LogP) is 5.29. The molecule has 6 heteroatoms. The van der Waals surface area contributed by atoms with Gasteiger partial charge in [-0.2, -0.15) is 0 Å². The standard InChI is InChI=1S/C25H24N2O3S/c1-2-30-20-14-12-19(13-15-20)26-24(28)17-27-21-10-6-7-11-22(21)31-23(16-25(27)29)18-8-4-3-5-9-18/h3-15,23H,2,16-17H2,1H3,(H,26,28)/t23-/m1/s1. The van der Waals surface area contributed by atoms with E-state index in [1.54, 1.807) is 28.8 Å². The Morgan fingerprint density at radius 3 is 2.48 bits per heavy atom. The highest BCUT2D eigenvalue weighted by Crippen LogP contribution is 2.45. The molecule has 0 aromatic heterocycles. The van der Waals surface area contributed by atoms with Crippen LogP contribution in [0.2, 0.25) is 0 Å². The maximum absolute atomic E-state index is 13.2. The van der Waals surface area contributed by atoms with Gasteiger partial charge in [0.15, 0.2) is 0 Å². The van der Waals surface area contributed by atoms with Gasteiger partial charge in [-0.1, -0.05) is 42.5 Å². The van der Waals surface area contributed by atoms with Gasteiger partial charge in [0.2, 0.25) is 11.8 Å². The molecule has 0 aliphatic carbocycles. The maximum atomic E-state index is 13.2. The molecule has 2 amide bonds. The molecule has 0 radical (unpaired) electrons. The van der Waals surface area contributed by atoms with Gasteiger partial charge in [-0.15, -0.1) is 11.8 Å². The number of nitrogens with zero attached hydrogens (tertiary/aromatic N) is 1. The average Bonchev–Trinajstić information content (AvgIpc) is 2.93. The minimum Gasteiger partial charge on any atom is -0.494 e. The van der Waals surface area contributed by atoms with Crippen LogP contribution in [0.1, 0.15) is 24.2 Å². The molecule has 3 aromatic carbocycles. The fourth-order valence-electron chi connectivity index (χ4n) is 3.55. The zero-order valence-corrected chi connectivity index (χ0v) is 18.1. The monoisotopic (exact) mass is 432 g/mol. The summed E-state index contributed by atoms with van der Waals surface area (Å²) in [4.78, 5) is 28.5. The topological polar surface area (TPSA) is 58.6 Å². The summed E-state index contributed by atoms with van der Waals surface area (Å²) in [5.74, 6) is 0.449. The van der Waals surface area contributed by atoms with E-state index in [9.17, 15) is 9.59 Å². The highest BCUT2D eigenvalue weighted by molar-refractivity contribution is 7.99. The summed E-state index contributed by atoms with van der Waals surface area (Å²) >= 11 is 1.67. The molecule has 1 aliphatic rings. The van der Waals surface area contributed by atoms with E-state index < -0.39 is 0 Å². The van der Waals surface area contributed by atoms with Crippen molar-refractivity contribution in [2.45, 2.75) is 23.5 Å². The summed E-state index contributed by atoms with van der Waals surface area (Å²) in [6.07, 6.45) is 0.333. The molecule has 0 saturated carbocycles. The zero-order chi connectivity index (χ0) is 21.6. The van der Waals surface area contributed by atoms with Crippen LogP contribution in [0.5, 0.6) is 5.75 Å². The van der Waals surface area contributed by atoms with E-state index in [2.05, 4.69) is 5.32 Å². The molecule has 3 aromatic rings. The Hall–Kier alpha value is -3.25. The van der Waals surface area contributed by atoms with Crippen molar-refractivity contribution in [3.05, 3.63) is 84.4 Å². The lowest BCUT2D eigenvalue weighted by atomic mass is 10.1. The Morgan fingerprint density at radius 2 is 1.74 bits per heavy atom. The number of nitrogens with one attached hydrogen (secondary N) is 1. The summed E-state index contributed by atoms with van der Waals surface area (Å²) in [7, 11) is 0. The van der Waals surface area contributed by atoms with Crippen LogP contribution >= 0.6 is 11.8 Å². The normalized spacial score (nSPS) is 15.7. The first-order valence-corrected chi connectivity index (χ1v) is 11.2. The average molecular weight is 433 g/mol. The number of rotatable bonds is 6. The first-order chi connectivity index (χ1) is 15.1. The van der Waals surface area contributed by atoms with Crippen LogP contribution in [0, 0.1) is 0 Å². The number of thioether (sulfide) groups is 1. The van der Waals surface area contributed by atoms with Crippen LogP contribution in [0.25, 0.3) is 0 Å². The van der Waals surface area contributed by atoms with E-state index in [1.807, 2.05) is 73.7 Å². The number of carbonyl (C=O) groups excluding carboxylic acids is 2. The molecule has 0 unspecified atom stereocenters. The molecular formula is C25H24N2O3S. The molecule has 1 heterocycles. The molecule has 1 N–H and O–H groups in total. The summed E-state index contributed by atoms with van der Waals surface area (Å²) in [5, 5.41) is 2.89. The first-order valence-electron chi connectivity index (χ1n) is 10.3. The molecule has 31 heavy (non-hydrogen) atoms. The van der Waals surface area contributed by atoms with Gasteiger partial charge in [0.25, 0.3) is 0 Å². The van der Waals surface area contributed by atoms with E-state index in [0.717, 1.165) is 21.9 Å². The summed E-state index contributed by atoms with van der Waals surface area (Å²) in [5.41, 5.74) is 2.55. The van der Waals surface area contributed by atoms with E-state index in [1.165, 1.54) is 0 Å². The van der Waals surface area contributed by atoms with Crippen molar-refractivity contribution in [2.24, 2.45) is 0 Å². The van der Waals surface area contributed by atoms with Gasteiger partial charge >= 0.3 is 0 Å². The third-order valence-corrected chi connectivity index (χ3v) is 6.33. The van der Waals surface area contributed by atoms with E-state index in [4.69, 9.17) is 4.74 Å². The Morgan fingerprint density at radius 1 is 1.03 bits per heavy atom. The number of hydrogen-bond acceptors (Lipinski definition) is 4. The minimum absolute atomic E-state index is 0.00835. The minimum atomic E-state index is -0.240. The fourth-order valence-corrected chi connectivity index (χ4v) is 4.83. The number of para-hydroxylation sites is 1. The predicted molar refractivity (Wildman–Crippen MR) is 125 cm³/mol. The molecule has 5 nitrogen and oxygen atoms in total. The molecule has 4 rings (SSSR count). The number of carbonyl (C=O) groups is 2. The summed E-state index contributed by atoms with van der Waals surface area (Å²) in [6.45, 7) is 2.47. The van der Waals surface area contributed by atoms with Crippen LogP contribution in [0.3, 0.4) is 0 Å². The van der Waals surface area contributed by atoms with Crippen molar-refractivity contribution in [3.63, 3.8) is 0 Å². The first kappa shape index (κ1) is 21.0. The van der Waals surface area contributed by atoms with E-state index in [-0.39, 0.29) is 23.6 Å². The lowest BCUT2D eigenvalue weighted by Crippen LogP contribution is -2.38. The molecule has 0 saturated heterocycles. The number of benzene rings is 3. The second-order valence-electron chi connectivity index (χ2n) is 7.17. The van der Waals surface area contributed by atoms with E-state index in [0.29, 0.717) is 18.7 Å². The van der Waals surface area contributed by atoms with Crippen molar-refractivity contribution >= 4 is 35.0 Å². The smallest absolute Gasteiger partial charge is 0.244 e. The van der Waals surface area contributed by atoms with Gasteiger partial charge < -0.3 is 15.0 Å². The van der Waals surface area contributed by atoms with Crippen LogP contribution < -0.4 is 15.0 Å². The molecule has 1 atom stereocenters. The van der Waals surface area contributed by atoms with Crippen molar-refractivity contribution in [2.75, 3.05) is 23.4 Å². The second kappa shape index (κ2) is 9.71. The molecule has 1 aliphatic heterocycles. The second-order valence-corrected chi connectivity index (χ2v) is 8.42. The Bertz CT molecular complexity index is 1050. The SMILES string of the molecule is CCOc1ccc(NC(=O)CN2C(=O)C[C@H](c3ccccc3)Sc3ccccc32)cc1. The lowest BCUT2D eigenvalue weighted by molar-refractivity contribution is -0.121. The van der Waals surface area contributed by atoms with Gasteiger partial charge in [0.1, 0.15) is 12.3 Å². The van der Waals surface area contributed by atoms with Crippen molar-refractivity contribution < 1.29 is 14.3 Å². The highest BCUT2D eigenvalue weighted by atomic mass is 32.2. The van der Waals surface area contributed by atoms with Crippen LogP contribution in [0.15, 0.2) is 83.8 Å². The summed E-state index contributed by atoms with van der Waals surface area (Å²) in [6, 6.07) is 25.0. The maximum Gasteiger partial charge on any atom is 0.244 e. The number of anilines is 2. The number of ether oxygens (including phenoxy) is 1. The van der Waals surface area contributed by atoms with Gasteiger partial charge in [0.05, 0.1) is 12.3 Å². The van der Waals surface area contributed by atoms with Gasteiger partial charge in [-0.3, -0.25) is 9.59 Å². The Kier molecular flexibility index (Phi) is 6.57. The molecule has 0 bridgehead atoms. The van der Waals surface area contributed by atoms with Crippen LogP contribution in [-0.2, 0) is 9.59 Å². The lowest BCUT2D eigenvalue weighted by Gasteiger charge is -2.22. The van der Waals surface area contributed by atoms with Gasteiger partial charge in [-0.05, 0) is 48.9 Å². The number of fused-ring (bicyclic) bond motifs is 1. The molecule has 158 valence electrons. The summed E-state index contributed by atoms with van der Waals surface area (Å²) < 4.78 is 5.43. The third kappa shape index (κ3) is 5.09. The quantitative estimate of drug-likeness (QED) is 0.575. The largest absolute Gasteiger partial charge is 0.494 e. The number of amides is 2. The Labute approximate surface area is 186 Å². The van der Waals surface area contributed by atoms with Gasteiger partial charge in [-0.25, -0.2) is 0 Å². The van der Waals surface area contributed by atoms with Crippen molar-refractivity contribution in [3.8, 4) is 5.75 Å². The van der Waals surface area contributed by atoms with Gasteiger partial charge in [0, 0.05) is 22.3 Å². The van der Waals surface area contributed by atoms with Crippen LogP contribution in [0.4, 0.5) is 11.4 Å². The fraction of sp³-hybridized carbons (Fsp3) is 0.200. The van der Waals surface area contributed by atoms with Crippen LogP contribution in [-0.4, -0.2) is 25.0 Å². The van der Waals surface area contributed by atoms with E-state index >= 15 is 0 Å². The highest BCUT2D eigenvalue weighted by Gasteiger charge is 2.30. The zero-order valence-electron chi connectivity index (χ0n) is 17.3. The van der Waals surface area contributed by atoms with Crippen molar-refractivity contribution in [1.29, 1.82) is 0 Å². The molecule has 0 spiro atoms.